The molecule has 4 rings (SSSR count). The molecule has 1 saturated heterocycles. The van der Waals surface area contributed by atoms with Gasteiger partial charge in [0, 0.05) is 11.5 Å². The van der Waals surface area contributed by atoms with Gasteiger partial charge in [-0.2, -0.15) is 0 Å². The molecule has 4 amide bonds. The largest absolute Gasteiger partial charge is 0.477 e. The standard InChI is InChI=1S/C20H20N6O5S3/c1-9-24-25-20(34-9)33-8-11-7-32-17-13(16(28)26(17)14(11)18(29)30)22-15(27)12(23-19(21)31)10-5-3-2-4-6-10/h2-6,12-13,17H,7-8H2,1H3,(H,22,27)(H,29,30)(H3,21,23,31)/t12?,13-,17?/m0/s1. The average molecular weight is 521 g/mol. The zero-order valence-corrected chi connectivity index (χ0v) is 20.2. The summed E-state index contributed by atoms with van der Waals surface area (Å²) < 4.78 is 0.718. The Balaban J connectivity index is 1.48. The van der Waals surface area contributed by atoms with Gasteiger partial charge in [0.05, 0.1) is 0 Å². The van der Waals surface area contributed by atoms with Crippen molar-refractivity contribution in [2.45, 2.75) is 28.7 Å². The zero-order valence-electron chi connectivity index (χ0n) is 17.8. The Morgan fingerprint density at radius 3 is 2.65 bits per heavy atom. The highest BCUT2D eigenvalue weighted by atomic mass is 32.2. The molecule has 0 radical (unpaired) electrons. The summed E-state index contributed by atoms with van der Waals surface area (Å²) in [6.07, 6.45) is 0. The summed E-state index contributed by atoms with van der Waals surface area (Å²) >= 11 is 4.15. The lowest BCUT2D eigenvalue weighted by Gasteiger charge is -2.49. The fourth-order valence-electron chi connectivity index (χ4n) is 3.60. The first-order valence-corrected chi connectivity index (χ1v) is 12.9. The first-order chi connectivity index (χ1) is 16.3. The van der Waals surface area contributed by atoms with Crippen LogP contribution in [0.3, 0.4) is 0 Å². The van der Waals surface area contributed by atoms with Crippen molar-refractivity contribution in [3.8, 4) is 0 Å². The maximum atomic E-state index is 12.9. The highest BCUT2D eigenvalue weighted by molar-refractivity contribution is 8.01. The van der Waals surface area contributed by atoms with E-state index in [1.807, 2.05) is 6.92 Å². The number of hydrogen-bond acceptors (Lipinski definition) is 9. The number of thioether (sulfide) groups is 2. The molecule has 178 valence electrons. The third-order valence-electron chi connectivity index (χ3n) is 5.11. The molecule has 1 aromatic heterocycles. The molecule has 11 nitrogen and oxygen atoms in total. The number of carbonyl (C=O) groups excluding carboxylic acids is 3. The van der Waals surface area contributed by atoms with Gasteiger partial charge in [0.25, 0.3) is 5.91 Å². The number of carboxylic acids is 1. The molecule has 1 fully saturated rings. The minimum absolute atomic E-state index is 0.0668. The summed E-state index contributed by atoms with van der Waals surface area (Å²) in [5.41, 5.74) is 6.26. The Bertz CT molecular complexity index is 1170. The summed E-state index contributed by atoms with van der Waals surface area (Å²) in [4.78, 5) is 50.5. The van der Waals surface area contributed by atoms with Crippen LogP contribution >= 0.6 is 34.9 Å². The fourth-order valence-corrected chi connectivity index (χ4v) is 6.91. The third kappa shape index (κ3) is 4.88. The van der Waals surface area contributed by atoms with E-state index < -0.39 is 41.3 Å². The highest BCUT2D eigenvalue weighted by Gasteiger charge is 2.54. The van der Waals surface area contributed by atoms with Crippen molar-refractivity contribution in [3.63, 3.8) is 0 Å². The van der Waals surface area contributed by atoms with Crippen LogP contribution in [0.4, 0.5) is 4.79 Å². The number of rotatable bonds is 8. The number of fused-ring (bicyclic) bond motifs is 1. The second kappa shape index (κ2) is 10.0. The molecule has 2 aromatic rings. The Morgan fingerprint density at radius 1 is 1.29 bits per heavy atom. The van der Waals surface area contributed by atoms with E-state index >= 15 is 0 Å². The van der Waals surface area contributed by atoms with Gasteiger partial charge in [-0.3, -0.25) is 14.5 Å². The second-order valence-electron chi connectivity index (χ2n) is 7.38. The van der Waals surface area contributed by atoms with E-state index in [1.54, 1.807) is 30.3 Å². The molecule has 3 atom stereocenters. The van der Waals surface area contributed by atoms with E-state index in [-0.39, 0.29) is 5.70 Å². The summed E-state index contributed by atoms with van der Waals surface area (Å²) in [7, 11) is 0. The van der Waals surface area contributed by atoms with Gasteiger partial charge in [-0.05, 0) is 18.1 Å². The third-order valence-corrected chi connectivity index (χ3v) is 8.50. The molecule has 1 aromatic carbocycles. The topological polar surface area (TPSA) is 168 Å². The van der Waals surface area contributed by atoms with Crippen molar-refractivity contribution in [3.05, 3.63) is 52.2 Å². The summed E-state index contributed by atoms with van der Waals surface area (Å²) in [5, 5.41) is 23.1. The second-order valence-corrected chi connectivity index (χ2v) is 10.9. The van der Waals surface area contributed by atoms with Crippen molar-refractivity contribution in [2.24, 2.45) is 5.73 Å². The smallest absolute Gasteiger partial charge is 0.352 e. The lowest BCUT2D eigenvalue weighted by atomic mass is 10.0. The Kier molecular flexibility index (Phi) is 7.09. The Labute approximate surface area is 206 Å². The van der Waals surface area contributed by atoms with E-state index in [0.717, 1.165) is 9.35 Å². The van der Waals surface area contributed by atoms with Gasteiger partial charge in [-0.25, -0.2) is 9.59 Å². The number of amides is 4. The molecular formula is C20H20N6O5S3. The number of urea groups is 1. The number of nitrogens with zero attached hydrogens (tertiary/aromatic N) is 3. The number of primary amides is 1. The number of aliphatic carboxylic acids is 1. The molecule has 5 N–H and O–H groups in total. The van der Waals surface area contributed by atoms with Crippen molar-refractivity contribution in [1.82, 2.24) is 25.7 Å². The lowest BCUT2D eigenvalue weighted by Crippen LogP contribution is -2.71. The summed E-state index contributed by atoms with van der Waals surface area (Å²) in [5.74, 6) is -1.60. The lowest BCUT2D eigenvalue weighted by molar-refractivity contribution is -0.150. The van der Waals surface area contributed by atoms with Crippen LogP contribution in [0.25, 0.3) is 0 Å². The molecule has 2 aliphatic rings. The number of nitrogens with one attached hydrogen (secondary N) is 2. The summed E-state index contributed by atoms with van der Waals surface area (Å²) in [6.45, 7) is 1.83. The highest BCUT2D eigenvalue weighted by Crippen LogP contribution is 2.42. The maximum Gasteiger partial charge on any atom is 0.352 e. The van der Waals surface area contributed by atoms with Gasteiger partial charge in [-0.1, -0.05) is 53.4 Å². The predicted octanol–water partition coefficient (Wildman–Crippen LogP) is 1.09. The molecule has 0 aliphatic carbocycles. The normalized spacial score (nSPS) is 20.3. The van der Waals surface area contributed by atoms with Crippen LogP contribution in [0, 0.1) is 6.92 Å². The van der Waals surface area contributed by atoms with Crippen LogP contribution in [-0.2, 0) is 14.4 Å². The van der Waals surface area contributed by atoms with Crippen LogP contribution in [0.15, 0.2) is 45.9 Å². The van der Waals surface area contributed by atoms with Gasteiger partial charge < -0.3 is 21.5 Å². The number of aryl methyl sites for hydroxylation is 1. The van der Waals surface area contributed by atoms with Crippen molar-refractivity contribution < 1.29 is 24.3 Å². The molecule has 34 heavy (non-hydrogen) atoms. The van der Waals surface area contributed by atoms with Gasteiger partial charge in [0.15, 0.2) is 4.34 Å². The summed E-state index contributed by atoms with van der Waals surface area (Å²) in [6, 6.07) is 5.57. The first-order valence-electron chi connectivity index (χ1n) is 10.0. The molecule has 0 spiro atoms. The van der Waals surface area contributed by atoms with E-state index in [4.69, 9.17) is 5.73 Å². The maximum absolute atomic E-state index is 12.9. The van der Waals surface area contributed by atoms with Crippen LogP contribution < -0.4 is 16.4 Å². The van der Waals surface area contributed by atoms with E-state index in [9.17, 15) is 24.3 Å². The number of aromatic nitrogens is 2. The monoisotopic (exact) mass is 520 g/mol. The molecule has 2 aliphatic heterocycles. The van der Waals surface area contributed by atoms with Crippen molar-refractivity contribution in [2.75, 3.05) is 11.5 Å². The van der Waals surface area contributed by atoms with Gasteiger partial charge >= 0.3 is 12.0 Å². The fraction of sp³-hybridized carbons (Fsp3) is 0.300. The zero-order chi connectivity index (χ0) is 24.4. The van der Waals surface area contributed by atoms with Gasteiger partial charge in [-0.15, -0.1) is 22.0 Å². The number of carboxylic acid groups (broad SMARTS) is 1. The number of β-lactam (4-membered cyclic amide) rings is 1. The van der Waals surface area contributed by atoms with Gasteiger partial charge in [0.1, 0.15) is 28.2 Å². The Hall–Kier alpha value is -3.10. The van der Waals surface area contributed by atoms with E-state index in [0.29, 0.717) is 22.6 Å². The minimum Gasteiger partial charge on any atom is -0.477 e. The van der Waals surface area contributed by atoms with Crippen LogP contribution in [0.1, 0.15) is 16.6 Å². The van der Waals surface area contributed by atoms with Crippen LogP contribution in [0.5, 0.6) is 0 Å². The molecule has 14 heteroatoms. The van der Waals surface area contributed by atoms with Crippen molar-refractivity contribution in [1.29, 1.82) is 0 Å². The first kappa shape index (κ1) is 24.0. The minimum atomic E-state index is -1.20. The van der Waals surface area contributed by atoms with Crippen LogP contribution in [-0.4, -0.2) is 66.9 Å². The number of benzene rings is 1. The molecule has 2 unspecified atom stereocenters. The Morgan fingerprint density at radius 2 is 2.03 bits per heavy atom. The molecular weight excluding hydrogens is 500 g/mol. The number of hydrogen-bond donors (Lipinski definition) is 4. The average Bonchev–Trinajstić information content (AvgIpc) is 3.24. The SMILES string of the molecule is Cc1nnc(SCC2=C(C(=O)O)N3C(=O)[C@H](NC(=O)C(NC(N)=O)c4ccccc4)C3SC2)s1. The van der Waals surface area contributed by atoms with E-state index in [1.165, 1.54) is 39.8 Å². The van der Waals surface area contributed by atoms with Crippen molar-refractivity contribution >= 4 is 58.7 Å². The molecule has 0 saturated carbocycles. The molecule has 3 heterocycles. The molecule has 0 bridgehead atoms. The quantitative estimate of drug-likeness (QED) is 0.294. The number of nitrogens with two attached hydrogens (primary N) is 1. The van der Waals surface area contributed by atoms with Gasteiger partial charge in [0.2, 0.25) is 5.91 Å². The van der Waals surface area contributed by atoms with Crippen LogP contribution in [0.2, 0.25) is 0 Å². The van der Waals surface area contributed by atoms with E-state index in [2.05, 4.69) is 20.8 Å². The number of carbonyl (C=O) groups is 4. The predicted molar refractivity (Wildman–Crippen MR) is 127 cm³/mol.